The summed E-state index contributed by atoms with van der Waals surface area (Å²) < 4.78 is 51.3. The third kappa shape index (κ3) is 3.12. The van der Waals surface area contributed by atoms with Crippen LogP contribution in [-0.4, -0.2) is 5.11 Å². The van der Waals surface area contributed by atoms with Gasteiger partial charge in [0.05, 0.1) is 12.2 Å². The van der Waals surface area contributed by atoms with Crippen LogP contribution in [0.2, 0.25) is 0 Å². The Morgan fingerprint density at radius 2 is 1.68 bits per heavy atom. The van der Waals surface area contributed by atoms with E-state index in [0.29, 0.717) is 5.56 Å². The Bertz CT molecular complexity index is 590. The summed E-state index contributed by atoms with van der Waals surface area (Å²) in [7, 11) is 0. The maximum Gasteiger partial charge on any atom is 0.416 e. The van der Waals surface area contributed by atoms with E-state index in [1.165, 1.54) is 24.3 Å². The van der Waals surface area contributed by atoms with Crippen molar-refractivity contribution in [3.63, 3.8) is 0 Å². The monoisotopic (exact) mass is 270 g/mol. The molecule has 0 amide bonds. The smallest absolute Gasteiger partial charge is 0.392 e. The van der Waals surface area contributed by atoms with Crippen LogP contribution in [0, 0.1) is 5.82 Å². The van der Waals surface area contributed by atoms with Crippen LogP contribution in [0.15, 0.2) is 42.5 Å². The van der Waals surface area contributed by atoms with Gasteiger partial charge in [-0.1, -0.05) is 12.1 Å². The summed E-state index contributed by atoms with van der Waals surface area (Å²) in [6, 6.07) is 8.52. The van der Waals surface area contributed by atoms with E-state index in [1.807, 2.05) is 0 Å². The van der Waals surface area contributed by atoms with Gasteiger partial charge in [-0.3, -0.25) is 0 Å². The van der Waals surface area contributed by atoms with Gasteiger partial charge in [-0.25, -0.2) is 4.39 Å². The molecule has 0 aromatic heterocycles. The van der Waals surface area contributed by atoms with Crippen molar-refractivity contribution in [1.82, 2.24) is 0 Å². The fourth-order valence-electron chi connectivity index (χ4n) is 1.78. The van der Waals surface area contributed by atoms with Crippen molar-refractivity contribution in [2.45, 2.75) is 12.8 Å². The first-order valence-corrected chi connectivity index (χ1v) is 5.48. The van der Waals surface area contributed by atoms with Crippen LogP contribution in [0.1, 0.15) is 11.1 Å². The van der Waals surface area contributed by atoms with Crippen LogP contribution in [0.4, 0.5) is 17.6 Å². The van der Waals surface area contributed by atoms with E-state index in [0.717, 1.165) is 18.2 Å². The van der Waals surface area contributed by atoms with Gasteiger partial charge in [0.25, 0.3) is 0 Å². The Morgan fingerprint density at radius 3 is 2.26 bits per heavy atom. The summed E-state index contributed by atoms with van der Waals surface area (Å²) in [6.45, 7) is -0.508. The predicted molar refractivity (Wildman–Crippen MR) is 62.8 cm³/mol. The first kappa shape index (κ1) is 13.5. The first-order chi connectivity index (χ1) is 8.90. The van der Waals surface area contributed by atoms with Gasteiger partial charge in [0.2, 0.25) is 0 Å². The third-order valence-electron chi connectivity index (χ3n) is 2.66. The molecule has 0 aliphatic heterocycles. The third-order valence-corrected chi connectivity index (χ3v) is 2.66. The zero-order chi connectivity index (χ0) is 14.0. The molecule has 19 heavy (non-hydrogen) atoms. The highest BCUT2D eigenvalue weighted by molar-refractivity contribution is 5.65. The molecule has 0 saturated heterocycles. The molecule has 0 atom stereocenters. The second kappa shape index (κ2) is 5.01. The largest absolute Gasteiger partial charge is 0.416 e. The van der Waals surface area contributed by atoms with Crippen molar-refractivity contribution in [3.8, 4) is 11.1 Å². The summed E-state index contributed by atoms with van der Waals surface area (Å²) in [6.07, 6.45) is -4.51. The van der Waals surface area contributed by atoms with Gasteiger partial charge in [-0.15, -0.1) is 0 Å². The van der Waals surface area contributed by atoms with Crippen LogP contribution in [-0.2, 0) is 12.8 Å². The summed E-state index contributed by atoms with van der Waals surface area (Å²) >= 11 is 0. The Kier molecular flexibility index (Phi) is 3.57. The van der Waals surface area contributed by atoms with E-state index in [1.54, 1.807) is 0 Å². The minimum absolute atomic E-state index is 0.133. The lowest BCUT2D eigenvalue weighted by Gasteiger charge is -2.11. The Hall–Kier alpha value is -1.88. The Balaban J connectivity index is 2.57. The number of hydrogen-bond donors (Lipinski definition) is 1. The predicted octanol–water partition coefficient (Wildman–Crippen LogP) is 4.00. The molecule has 0 aliphatic rings. The molecule has 0 saturated carbocycles. The fourth-order valence-corrected chi connectivity index (χ4v) is 1.78. The normalized spacial score (nSPS) is 11.6. The van der Waals surface area contributed by atoms with E-state index in [4.69, 9.17) is 5.11 Å². The molecule has 0 fully saturated rings. The summed E-state index contributed by atoms with van der Waals surface area (Å²) in [5.74, 6) is -0.527. The van der Waals surface area contributed by atoms with Crippen molar-refractivity contribution in [2.24, 2.45) is 0 Å². The van der Waals surface area contributed by atoms with E-state index < -0.39 is 24.2 Å². The van der Waals surface area contributed by atoms with E-state index in [9.17, 15) is 17.6 Å². The molecule has 0 aliphatic carbocycles. The van der Waals surface area contributed by atoms with Gasteiger partial charge in [0.15, 0.2) is 0 Å². The molecule has 2 aromatic carbocycles. The minimum Gasteiger partial charge on any atom is -0.392 e. The average molecular weight is 270 g/mol. The molecule has 0 bridgehead atoms. The molecule has 0 radical (unpaired) electrons. The molecule has 2 aromatic rings. The van der Waals surface area contributed by atoms with Gasteiger partial charge < -0.3 is 5.11 Å². The molecule has 100 valence electrons. The highest BCUT2D eigenvalue weighted by Crippen LogP contribution is 2.33. The van der Waals surface area contributed by atoms with Gasteiger partial charge in [0, 0.05) is 0 Å². The summed E-state index contributed by atoms with van der Waals surface area (Å²) in [5, 5.41) is 9.01. The zero-order valence-electron chi connectivity index (χ0n) is 9.71. The van der Waals surface area contributed by atoms with Crippen molar-refractivity contribution >= 4 is 0 Å². The number of aliphatic hydroxyl groups excluding tert-OH is 1. The van der Waals surface area contributed by atoms with Crippen molar-refractivity contribution in [1.29, 1.82) is 0 Å². The minimum atomic E-state index is -4.51. The van der Waals surface area contributed by atoms with Crippen LogP contribution in [0.3, 0.4) is 0 Å². The van der Waals surface area contributed by atoms with Gasteiger partial charge in [0.1, 0.15) is 5.82 Å². The molecule has 0 unspecified atom stereocenters. The molecule has 5 heteroatoms. The van der Waals surface area contributed by atoms with Gasteiger partial charge >= 0.3 is 6.18 Å². The number of aliphatic hydroxyl groups is 1. The lowest BCUT2D eigenvalue weighted by molar-refractivity contribution is -0.137. The van der Waals surface area contributed by atoms with E-state index >= 15 is 0 Å². The van der Waals surface area contributed by atoms with E-state index in [2.05, 4.69) is 0 Å². The average Bonchev–Trinajstić information content (AvgIpc) is 2.37. The maximum absolute atomic E-state index is 13.1. The maximum atomic E-state index is 13.1. The molecule has 0 heterocycles. The second-order valence-electron chi connectivity index (χ2n) is 4.08. The highest BCUT2D eigenvalue weighted by Gasteiger charge is 2.31. The fraction of sp³-hybridized carbons (Fsp3) is 0.143. The Morgan fingerprint density at radius 1 is 0.947 bits per heavy atom. The number of benzene rings is 2. The van der Waals surface area contributed by atoms with Gasteiger partial charge in [-0.2, -0.15) is 13.2 Å². The molecular formula is C14H10F4O. The summed E-state index contributed by atoms with van der Waals surface area (Å²) in [4.78, 5) is 0. The number of alkyl halides is 3. The molecule has 1 nitrogen and oxygen atoms in total. The number of rotatable bonds is 2. The van der Waals surface area contributed by atoms with Crippen LogP contribution in [0.5, 0.6) is 0 Å². The zero-order valence-corrected chi connectivity index (χ0v) is 9.71. The lowest BCUT2D eigenvalue weighted by atomic mass is 9.99. The lowest BCUT2D eigenvalue weighted by Crippen LogP contribution is -2.06. The molecular weight excluding hydrogens is 260 g/mol. The molecule has 0 spiro atoms. The van der Waals surface area contributed by atoms with Crippen LogP contribution >= 0.6 is 0 Å². The number of halogens is 4. The van der Waals surface area contributed by atoms with Crippen molar-refractivity contribution < 1.29 is 22.7 Å². The van der Waals surface area contributed by atoms with Gasteiger partial charge in [-0.05, 0) is 47.0 Å². The standard InChI is InChI=1S/C14H10F4O/c15-13-3-1-2-10(7-13)11-4-9(8-19)5-12(6-11)14(16,17)18/h1-7,19H,8H2. The SMILES string of the molecule is OCc1cc(-c2cccc(F)c2)cc(C(F)(F)F)c1. The van der Waals surface area contributed by atoms with E-state index in [-0.39, 0.29) is 11.1 Å². The number of hydrogen-bond acceptors (Lipinski definition) is 1. The molecule has 2 rings (SSSR count). The second-order valence-corrected chi connectivity index (χ2v) is 4.08. The Labute approximate surface area is 107 Å². The van der Waals surface area contributed by atoms with Crippen molar-refractivity contribution in [2.75, 3.05) is 0 Å². The quantitative estimate of drug-likeness (QED) is 0.818. The topological polar surface area (TPSA) is 20.2 Å². The van der Waals surface area contributed by atoms with Crippen molar-refractivity contribution in [3.05, 3.63) is 59.4 Å². The molecule has 1 N–H and O–H groups in total. The van der Waals surface area contributed by atoms with Crippen LogP contribution < -0.4 is 0 Å². The van der Waals surface area contributed by atoms with Crippen LogP contribution in [0.25, 0.3) is 11.1 Å². The summed E-state index contributed by atoms with van der Waals surface area (Å²) in [5.41, 5.74) is -0.174. The first-order valence-electron chi connectivity index (χ1n) is 5.48. The highest BCUT2D eigenvalue weighted by atomic mass is 19.4.